The SMILES string of the molecule is Cc1nn(-c2ccc(F)cc2)c(C)c1CC(=O)NNC(=O)c1cc(Cl)ccc1O. The van der Waals surface area contributed by atoms with Gasteiger partial charge in [0.2, 0.25) is 5.91 Å². The summed E-state index contributed by atoms with van der Waals surface area (Å²) >= 11 is 5.82. The number of hydrazine groups is 1. The highest BCUT2D eigenvalue weighted by Gasteiger charge is 2.17. The highest BCUT2D eigenvalue weighted by atomic mass is 35.5. The molecule has 0 bridgehead atoms. The number of benzene rings is 2. The Labute approximate surface area is 171 Å². The highest BCUT2D eigenvalue weighted by Crippen LogP contribution is 2.21. The first-order valence-electron chi connectivity index (χ1n) is 8.65. The maximum Gasteiger partial charge on any atom is 0.273 e. The molecule has 0 radical (unpaired) electrons. The Morgan fingerprint density at radius 1 is 1.14 bits per heavy atom. The number of aryl methyl sites for hydroxylation is 1. The van der Waals surface area contributed by atoms with Gasteiger partial charge in [-0.1, -0.05) is 11.6 Å². The van der Waals surface area contributed by atoms with Gasteiger partial charge >= 0.3 is 0 Å². The van der Waals surface area contributed by atoms with E-state index < -0.39 is 11.8 Å². The average molecular weight is 417 g/mol. The molecule has 2 aromatic carbocycles. The number of carbonyl (C=O) groups excluding carboxylic acids is 2. The summed E-state index contributed by atoms with van der Waals surface area (Å²) in [7, 11) is 0. The number of hydrogen-bond acceptors (Lipinski definition) is 4. The van der Waals surface area contributed by atoms with Crippen LogP contribution in [-0.4, -0.2) is 26.7 Å². The van der Waals surface area contributed by atoms with Gasteiger partial charge in [-0.25, -0.2) is 9.07 Å². The molecular formula is C20H18ClFN4O3. The van der Waals surface area contributed by atoms with E-state index in [9.17, 15) is 19.1 Å². The third kappa shape index (κ3) is 4.55. The molecule has 0 spiro atoms. The number of phenolic OH excluding ortho intramolecular Hbond substituents is 1. The second-order valence-corrected chi connectivity index (χ2v) is 6.81. The topological polar surface area (TPSA) is 96.3 Å². The van der Waals surface area contributed by atoms with Crippen LogP contribution in [0.3, 0.4) is 0 Å². The van der Waals surface area contributed by atoms with Crippen LogP contribution in [0.15, 0.2) is 42.5 Å². The Hall–Kier alpha value is -3.39. The summed E-state index contributed by atoms with van der Waals surface area (Å²) in [6.45, 7) is 3.56. The third-order valence-corrected chi connectivity index (χ3v) is 4.60. The molecule has 0 saturated heterocycles. The van der Waals surface area contributed by atoms with Gasteiger partial charge in [-0.15, -0.1) is 0 Å². The Kier molecular flexibility index (Phi) is 5.84. The van der Waals surface area contributed by atoms with Crippen LogP contribution in [0.4, 0.5) is 4.39 Å². The summed E-state index contributed by atoms with van der Waals surface area (Å²) in [5, 5.41) is 14.4. The molecule has 0 atom stereocenters. The number of nitrogens with zero attached hydrogens (tertiary/aromatic N) is 2. The van der Waals surface area contributed by atoms with Gasteiger partial charge in [-0.2, -0.15) is 5.10 Å². The van der Waals surface area contributed by atoms with Crippen molar-refractivity contribution in [2.75, 3.05) is 0 Å². The highest BCUT2D eigenvalue weighted by molar-refractivity contribution is 6.31. The Bertz CT molecular complexity index is 1080. The monoisotopic (exact) mass is 416 g/mol. The van der Waals surface area contributed by atoms with E-state index in [0.29, 0.717) is 16.9 Å². The van der Waals surface area contributed by atoms with E-state index in [4.69, 9.17) is 11.6 Å². The molecule has 0 unspecified atom stereocenters. The molecule has 0 aliphatic carbocycles. The first-order chi connectivity index (χ1) is 13.8. The molecule has 0 fully saturated rings. The van der Waals surface area contributed by atoms with Crippen molar-refractivity contribution in [1.29, 1.82) is 0 Å². The average Bonchev–Trinajstić information content (AvgIpc) is 2.97. The zero-order valence-corrected chi connectivity index (χ0v) is 16.4. The number of hydrogen-bond donors (Lipinski definition) is 3. The number of nitrogens with one attached hydrogen (secondary N) is 2. The predicted molar refractivity (Wildman–Crippen MR) is 105 cm³/mol. The number of aromatic nitrogens is 2. The minimum absolute atomic E-state index is 0.0271. The van der Waals surface area contributed by atoms with Gasteiger partial charge in [-0.3, -0.25) is 20.4 Å². The molecule has 3 N–H and O–H groups in total. The molecule has 2 amide bonds. The molecule has 7 nitrogen and oxygen atoms in total. The number of rotatable bonds is 4. The van der Waals surface area contributed by atoms with E-state index in [0.717, 1.165) is 5.69 Å². The van der Waals surface area contributed by atoms with Crippen molar-refractivity contribution in [3.63, 3.8) is 0 Å². The van der Waals surface area contributed by atoms with E-state index in [-0.39, 0.29) is 28.6 Å². The standard InChI is InChI=1S/C20H18ClFN4O3/c1-11-16(12(2)26(25-11)15-6-4-14(22)5-7-15)10-19(28)23-24-20(29)17-9-13(21)3-8-18(17)27/h3-9,27H,10H2,1-2H3,(H,23,28)(H,24,29). The fourth-order valence-corrected chi connectivity index (χ4v) is 3.03. The van der Waals surface area contributed by atoms with Gasteiger partial charge in [0, 0.05) is 16.3 Å². The first kappa shape index (κ1) is 20.3. The van der Waals surface area contributed by atoms with Crippen LogP contribution in [0.2, 0.25) is 5.02 Å². The van der Waals surface area contributed by atoms with Gasteiger partial charge in [-0.05, 0) is 56.3 Å². The van der Waals surface area contributed by atoms with Crippen LogP contribution in [0.5, 0.6) is 5.75 Å². The molecule has 3 aromatic rings. The molecule has 150 valence electrons. The third-order valence-electron chi connectivity index (χ3n) is 4.37. The van der Waals surface area contributed by atoms with E-state index in [1.165, 1.54) is 30.3 Å². The van der Waals surface area contributed by atoms with Gasteiger partial charge < -0.3 is 5.11 Å². The molecule has 3 rings (SSSR count). The Morgan fingerprint density at radius 3 is 2.52 bits per heavy atom. The van der Waals surface area contributed by atoms with Crippen molar-refractivity contribution in [2.45, 2.75) is 20.3 Å². The second kappa shape index (κ2) is 8.32. The summed E-state index contributed by atoms with van der Waals surface area (Å²) < 4.78 is 14.8. The van der Waals surface area contributed by atoms with Crippen molar-refractivity contribution in [1.82, 2.24) is 20.6 Å². The molecule has 0 aliphatic rings. The number of halogens is 2. The molecule has 29 heavy (non-hydrogen) atoms. The van der Waals surface area contributed by atoms with Gasteiger partial charge in [0.1, 0.15) is 11.6 Å². The lowest BCUT2D eigenvalue weighted by molar-refractivity contribution is -0.121. The van der Waals surface area contributed by atoms with Crippen LogP contribution < -0.4 is 10.9 Å². The zero-order valence-electron chi connectivity index (χ0n) is 15.7. The summed E-state index contributed by atoms with van der Waals surface area (Å²) in [6.07, 6.45) is -0.0271. The molecule has 0 saturated carbocycles. The molecular weight excluding hydrogens is 399 g/mol. The van der Waals surface area contributed by atoms with Crippen LogP contribution >= 0.6 is 11.6 Å². The van der Waals surface area contributed by atoms with Crippen molar-refractivity contribution < 1.29 is 19.1 Å². The molecule has 9 heteroatoms. The number of phenols is 1. The Balaban J connectivity index is 1.69. The summed E-state index contributed by atoms with van der Waals surface area (Å²) in [6, 6.07) is 9.87. The minimum Gasteiger partial charge on any atom is -0.507 e. The van der Waals surface area contributed by atoms with Crippen LogP contribution in [0.25, 0.3) is 5.69 Å². The number of amides is 2. The van der Waals surface area contributed by atoms with Gasteiger partial charge in [0.15, 0.2) is 0 Å². The lowest BCUT2D eigenvalue weighted by Crippen LogP contribution is -2.42. The normalized spacial score (nSPS) is 10.6. The molecule has 1 heterocycles. The Morgan fingerprint density at radius 2 is 1.83 bits per heavy atom. The van der Waals surface area contributed by atoms with Crippen molar-refractivity contribution >= 4 is 23.4 Å². The van der Waals surface area contributed by atoms with Gasteiger partial charge in [0.05, 0.1) is 23.4 Å². The maximum absolute atomic E-state index is 13.1. The van der Waals surface area contributed by atoms with Crippen molar-refractivity contribution in [2.24, 2.45) is 0 Å². The summed E-state index contributed by atoms with van der Waals surface area (Å²) in [5.41, 5.74) is 7.21. The van der Waals surface area contributed by atoms with Crippen molar-refractivity contribution in [3.8, 4) is 11.4 Å². The minimum atomic E-state index is -0.700. The van der Waals surface area contributed by atoms with E-state index >= 15 is 0 Å². The lowest BCUT2D eigenvalue weighted by atomic mass is 10.1. The van der Waals surface area contributed by atoms with Crippen LogP contribution in [0.1, 0.15) is 27.3 Å². The van der Waals surface area contributed by atoms with Crippen molar-refractivity contribution in [3.05, 3.63) is 75.8 Å². The summed E-state index contributed by atoms with van der Waals surface area (Å²) in [4.78, 5) is 24.4. The lowest BCUT2D eigenvalue weighted by Gasteiger charge is -2.09. The van der Waals surface area contributed by atoms with Gasteiger partial charge in [0.25, 0.3) is 5.91 Å². The van der Waals surface area contributed by atoms with E-state index in [1.54, 1.807) is 30.7 Å². The zero-order chi connectivity index (χ0) is 21.1. The van der Waals surface area contributed by atoms with Crippen LogP contribution in [0, 0.1) is 19.7 Å². The first-order valence-corrected chi connectivity index (χ1v) is 9.03. The van der Waals surface area contributed by atoms with E-state index in [2.05, 4.69) is 16.0 Å². The maximum atomic E-state index is 13.1. The molecule has 0 aliphatic heterocycles. The largest absolute Gasteiger partial charge is 0.507 e. The number of aromatic hydroxyl groups is 1. The smallest absolute Gasteiger partial charge is 0.273 e. The van der Waals surface area contributed by atoms with E-state index in [1.807, 2.05) is 0 Å². The van der Waals surface area contributed by atoms with Crippen LogP contribution in [-0.2, 0) is 11.2 Å². The quantitative estimate of drug-likeness (QED) is 0.570. The summed E-state index contributed by atoms with van der Waals surface area (Å²) in [5.74, 6) is -1.77. The fraction of sp³-hybridized carbons (Fsp3) is 0.150. The second-order valence-electron chi connectivity index (χ2n) is 6.38. The predicted octanol–water partition coefficient (Wildman–Crippen LogP) is 2.99. The molecule has 1 aromatic heterocycles. The fourth-order valence-electron chi connectivity index (χ4n) is 2.85. The number of carbonyl (C=O) groups is 2.